The van der Waals surface area contributed by atoms with Gasteiger partial charge in [-0.1, -0.05) is 13.8 Å². The molecule has 0 spiro atoms. The van der Waals surface area contributed by atoms with Crippen LogP contribution in [0.3, 0.4) is 0 Å². The number of hydrogen-bond donors (Lipinski definition) is 1. The van der Waals surface area contributed by atoms with E-state index in [1.165, 1.54) is 11.3 Å². The SMILES string of the molecule is CC(C)CCOc1ccc(C(=O)N(C2CC2)C2CCc3[nH]ncc3C2)cc1. The molecular formula is C22H29N3O2. The molecule has 1 fully saturated rings. The highest BCUT2D eigenvalue weighted by atomic mass is 16.5. The van der Waals surface area contributed by atoms with E-state index in [2.05, 4.69) is 28.9 Å². The minimum Gasteiger partial charge on any atom is -0.494 e. The van der Waals surface area contributed by atoms with E-state index < -0.39 is 0 Å². The third kappa shape index (κ3) is 4.18. The van der Waals surface area contributed by atoms with Crippen molar-refractivity contribution in [1.29, 1.82) is 0 Å². The lowest BCUT2D eigenvalue weighted by molar-refractivity contribution is 0.0642. The largest absolute Gasteiger partial charge is 0.494 e. The van der Waals surface area contributed by atoms with Crippen LogP contribution in [0.2, 0.25) is 0 Å². The summed E-state index contributed by atoms with van der Waals surface area (Å²) in [5.41, 5.74) is 3.26. The number of aromatic nitrogens is 2. The number of aromatic amines is 1. The van der Waals surface area contributed by atoms with Gasteiger partial charge in [-0.05, 0) is 74.3 Å². The molecule has 1 N–H and O–H groups in total. The van der Waals surface area contributed by atoms with Crippen molar-refractivity contribution < 1.29 is 9.53 Å². The van der Waals surface area contributed by atoms with Gasteiger partial charge in [-0.2, -0.15) is 5.10 Å². The average Bonchev–Trinajstić information content (AvgIpc) is 3.38. The molecule has 1 saturated carbocycles. The Balaban J connectivity index is 1.43. The van der Waals surface area contributed by atoms with Crippen molar-refractivity contribution >= 4 is 5.91 Å². The summed E-state index contributed by atoms with van der Waals surface area (Å²) >= 11 is 0. The van der Waals surface area contributed by atoms with Crippen LogP contribution < -0.4 is 4.74 Å². The number of fused-ring (bicyclic) bond motifs is 1. The Morgan fingerprint density at radius 1 is 1.22 bits per heavy atom. The fourth-order valence-electron chi connectivity index (χ4n) is 3.87. The van der Waals surface area contributed by atoms with Crippen LogP contribution in [0.5, 0.6) is 5.75 Å². The first-order valence-corrected chi connectivity index (χ1v) is 10.2. The number of ether oxygens (including phenoxy) is 1. The number of amides is 1. The molecule has 2 aliphatic rings. The van der Waals surface area contributed by atoms with Crippen molar-refractivity contribution in [2.45, 2.75) is 64.5 Å². The Morgan fingerprint density at radius 2 is 2.00 bits per heavy atom. The van der Waals surface area contributed by atoms with E-state index in [1.807, 2.05) is 30.5 Å². The number of nitrogens with one attached hydrogen (secondary N) is 1. The van der Waals surface area contributed by atoms with Gasteiger partial charge >= 0.3 is 0 Å². The first-order valence-electron chi connectivity index (χ1n) is 10.2. The van der Waals surface area contributed by atoms with Crippen molar-refractivity contribution in [2.24, 2.45) is 5.92 Å². The minimum atomic E-state index is 0.156. The zero-order chi connectivity index (χ0) is 18.8. The monoisotopic (exact) mass is 367 g/mol. The summed E-state index contributed by atoms with van der Waals surface area (Å²) in [6, 6.07) is 8.35. The second-order valence-corrected chi connectivity index (χ2v) is 8.27. The Labute approximate surface area is 161 Å². The van der Waals surface area contributed by atoms with Crippen molar-refractivity contribution in [3.8, 4) is 5.75 Å². The molecular weight excluding hydrogens is 338 g/mol. The van der Waals surface area contributed by atoms with E-state index in [-0.39, 0.29) is 11.9 Å². The number of hydrogen-bond acceptors (Lipinski definition) is 3. The summed E-state index contributed by atoms with van der Waals surface area (Å²) in [7, 11) is 0. The van der Waals surface area contributed by atoms with Gasteiger partial charge in [-0.15, -0.1) is 0 Å². The molecule has 27 heavy (non-hydrogen) atoms. The fourth-order valence-corrected chi connectivity index (χ4v) is 3.87. The zero-order valence-corrected chi connectivity index (χ0v) is 16.3. The van der Waals surface area contributed by atoms with Crippen LogP contribution in [0, 0.1) is 5.92 Å². The second-order valence-electron chi connectivity index (χ2n) is 8.27. The van der Waals surface area contributed by atoms with Crippen LogP contribution in [0.1, 0.15) is 61.1 Å². The van der Waals surface area contributed by atoms with Crippen molar-refractivity contribution in [3.63, 3.8) is 0 Å². The lowest BCUT2D eigenvalue weighted by Crippen LogP contribution is -2.44. The molecule has 144 valence electrons. The Kier molecular flexibility index (Phi) is 5.19. The van der Waals surface area contributed by atoms with Crippen LogP contribution >= 0.6 is 0 Å². The van der Waals surface area contributed by atoms with Gasteiger partial charge in [-0.3, -0.25) is 9.89 Å². The predicted molar refractivity (Wildman–Crippen MR) is 105 cm³/mol. The Hall–Kier alpha value is -2.30. The van der Waals surface area contributed by atoms with E-state index in [0.717, 1.165) is 49.8 Å². The second kappa shape index (κ2) is 7.75. The minimum absolute atomic E-state index is 0.156. The molecule has 1 unspecified atom stereocenters. The molecule has 1 amide bonds. The van der Waals surface area contributed by atoms with Crippen molar-refractivity contribution in [1.82, 2.24) is 15.1 Å². The summed E-state index contributed by atoms with van der Waals surface area (Å²) in [6.45, 7) is 5.10. The first kappa shape index (κ1) is 18.1. The van der Waals surface area contributed by atoms with E-state index in [4.69, 9.17) is 4.74 Å². The lowest BCUT2D eigenvalue weighted by atomic mass is 9.92. The number of benzene rings is 1. The average molecular weight is 367 g/mol. The molecule has 0 bridgehead atoms. The predicted octanol–water partition coefficient (Wildman–Crippen LogP) is 4.00. The maximum atomic E-state index is 13.3. The van der Waals surface area contributed by atoms with E-state index in [9.17, 15) is 4.79 Å². The summed E-state index contributed by atoms with van der Waals surface area (Å²) < 4.78 is 5.78. The maximum absolute atomic E-state index is 13.3. The van der Waals surface area contributed by atoms with Crippen LogP contribution in [0.15, 0.2) is 30.5 Å². The molecule has 0 radical (unpaired) electrons. The van der Waals surface area contributed by atoms with E-state index >= 15 is 0 Å². The summed E-state index contributed by atoms with van der Waals surface area (Å²) in [5.74, 6) is 1.62. The molecule has 0 aliphatic heterocycles. The summed E-state index contributed by atoms with van der Waals surface area (Å²) in [4.78, 5) is 15.4. The fraction of sp³-hybridized carbons (Fsp3) is 0.545. The molecule has 1 atom stereocenters. The third-order valence-corrected chi connectivity index (χ3v) is 5.62. The Morgan fingerprint density at radius 3 is 2.70 bits per heavy atom. The van der Waals surface area contributed by atoms with Crippen molar-refractivity contribution in [3.05, 3.63) is 47.3 Å². The molecule has 1 heterocycles. The van der Waals surface area contributed by atoms with Gasteiger partial charge < -0.3 is 9.64 Å². The van der Waals surface area contributed by atoms with E-state index in [1.54, 1.807) is 0 Å². The quantitative estimate of drug-likeness (QED) is 0.805. The van der Waals surface area contributed by atoms with Crippen LogP contribution in [-0.2, 0) is 12.8 Å². The van der Waals surface area contributed by atoms with E-state index in [0.29, 0.717) is 18.6 Å². The summed E-state index contributed by atoms with van der Waals surface area (Å²) in [6.07, 6.45) is 8.08. The zero-order valence-electron chi connectivity index (χ0n) is 16.3. The van der Waals surface area contributed by atoms with Crippen LogP contribution in [-0.4, -0.2) is 39.7 Å². The van der Waals surface area contributed by atoms with Gasteiger partial charge in [0.1, 0.15) is 5.75 Å². The van der Waals surface area contributed by atoms with Crippen LogP contribution in [0.4, 0.5) is 0 Å². The van der Waals surface area contributed by atoms with Crippen molar-refractivity contribution in [2.75, 3.05) is 6.61 Å². The van der Waals surface area contributed by atoms with Gasteiger partial charge in [0, 0.05) is 23.3 Å². The standard InChI is InChI=1S/C22H29N3O2/c1-15(2)11-12-27-20-8-3-16(4-9-20)22(26)25(18-5-6-18)19-7-10-21-17(13-19)14-23-24-21/h3-4,8-9,14-15,18-19H,5-7,10-13H2,1-2H3,(H,23,24). The number of rotatable bonds is 7. The molecule has 5 heteroatoms. The van der Waals surface area contributed by atoms with Gasteiger partial charge in [-0.25, -0.2) is 0 Å². The molecule has 4 rings (SSSR count). The highest BCUT2D eigenvalue weighted by Crippen LogP contribution is 2.34. The lowest BCUT2D eigenvalue weighted by Gasteiger charge is -2.34. The Bertz CT molecular complexity index is 777. The number of nitrogens with zero attached hydrogens (tertiary/aromatic N) is 2. The molecule has 1 aromatic carbocycles. The smallest absolute Gasteiger partial charge is 0.254 e. The maximum Gasteiger partial charge on any atom is 0.254 e. The normalized spacial score (nSPS) is 19.0. The number of aryl methyl sites for hydroxylation is 1. The molecule has 1 aromatic heterocycles. The van der Waals surface area contributed by atoms with Crippen LogP contribution in [0.25, 0.3) is 0 Å². The molecule has 0 saturated heterocycles. The number of H-pyrrole nitrogens is 1. The topological polar surface area (TPSA) is 58.2 Å². The first-order chi connectivity index (χ1) is 13.1. The van der Waals surface area contributed by atoms with Gasteiger partial charge in [0.2, 0.25) is 0 Å². The number of carbonyl (C=O) groups is 1. The molecule has 2 aliphatic carbocycles. The van der Waals surface area contributed by atoms with Gasteiger partial charge in [0.05, 0.1) is 12.8 Å². The summed E-state index contributed by atoms with van der Waals surface area (Å²) in [5, 5.41) is 7.25. The highest BCUT2D eigenvalue weighted by molar-refractivity contribution is 5.95. The molecule has 2 aromatic rings. The van der Waals surface area contributed by atoms with Gasteiger partial charge in [0.15, 0.2) is 0 Å². The van der Waals surface area contributed by atoms with Gasteiger partial charge in [0.25, 0.3) is 5.91 Å². The molecule has 5 nitrogen and oxygen atoms in total. The third-order valence-electron chi connectivity index (χ3n) is 5.62. The number of carbonyl (C=O) groups excluding carboxylic acids is 1. The highest BCUT2D eigenvalue weighted by Gasteiger charge is 2.39.